The molecular weight excluding hydrogens is 407 g/mol. The van der Waals surface area contributed by atoms with E-state index in [0.717, 1.165) is 24.0 Å². The minimum absolute atomic E-state index is 0.0519. The van der Waals surface area contributed by atoms with Crippen molar-refractivity contribution in [1.82, 2.24) is 4.98 Å². The van der Waals surface area contributed by atoms with Crippen molar-refractivity contribution in [1.29, 1.82) is 0 Å². The Morgan fingerprint density at radius 3 is 2.26 bits per heavy atom. The molecule has 0 N–H and O–H groups in total. The van der Waals surface area contributed by atoms with Gasteiger partial charge in [-0.1, -0.05) is 31.5 Å². The van der Waals surface area contributed by atoms with Gasteiger partial charge in [-0.25, -0.2) is 9.78 Å². The van der Waals surface area contributed by atoms with Gasteiger partial charge in [0.15, 0.2) is 0 Å². The van der Waals surface area contributed by atoms with E-state index >= 15 is 0 Å². The van der Waals surface area contributed by atoms with Crippen LogP contribution in [0, 0.1) is 5.92 Å². The van der Waals surface area contributed by atoms with Crippen LogP contribution in [0.4, 0.5) is 13.2 Å². The lowest BCUT2D eigenvalue weighted by molar-refractivity contribution is -0.184. The Bertz CT molecular complexity index is 855. The first-order valence-corrected chi connectivity index (χ1v) is 10.6. The summed E-state index contributed by atoms with van der Waals surface area (Å²) in [5.74, 6) is -1.23. The number of esters is 1. The maximum absolute atomic E-state index is 13.3. The van der Waals surface area contributed by atoms with Crippen molar-refractivity contribution in [3.8, 4) is 5.88 Å². The minimum atomic E-state index is -4.18. The predicted octanol–water partition coefficient (Wildman–Crippen LogP) is 6.09. The summed E-state index contributed by atoms with van der Waals surface area (Å²) in [5.41, 5.74) is 1.58. The van der Waals surface area contributed by atoms with Crippen LogP contribution in [-0.2, 0) is 10.2 Å². The van der Waals surface area contributed by atoms with Crippen LogP contribution >= 0.6 is 0 Å². The maximum Gasteiger partial charge on any atom is 0.391 e. The van der Waals surface area contributed by atoms with Gasteiger partial charge in [-0.05, 0) is 55.4 Å². The molecule has 4 nitrogen and oxygen atoms in total. The van der Waals surface area contributed by atoms with Gasteiger partial charge in [0, 0.05) is 17.7 Å². The summed E-state index contributed by atoms with van der Waals surface area (Å²) >= 11 is 0. The van der Waals surface area contributed by atoms with Crippen molar-refractivity contribution < 1.29 is 27.4 Å². The second-order valence-corrected chi connectivity index (χ2v) is 8.05. The fourth-order valence-corrected chi connectivity index (χ4v) is 4.28. The molecule has 0 spiro atoms. The summed E-state index contributed by atoms with van der Waals surface area (Å²) in [4.78, 5) is 16.5. The van der Waals surface area contributed by atoms with Crippen LogP contribution in [0.2, 0.25) is 0 Å². The number of carbonyl (C=O) groups excluding carboxylic acids is 1. The number of alkyl halides is 3. The van der Waals surface area contributed by atoms with Crippen molar-refractivity contribution in [3.63, 3.8) is 0 Å². The molecule has 0 radical (unpaired) electrons. The van der Waals surface area contributed by atoms with Crippen molar-refractivity contribution in [2.75, 3.05) is 13.7 Å². The number of hydrogen-bond donors (Lipinski definition) is 0. The number of rotatable bonds is 7. The molecule has 168 valence electrons. The van der Waals surface area contributed by atoms with E-state index in [1.54, 1.807) is 24.4 Å². The summed E-state index contributed by atoms with van der Waals surface area (Å²) < 4.78 is 50.2. The van der Waals surface area contributed by atoms with Gasteiger partial charge in [0.2, 0.25) is 5.88 Å². The number of unbranched alkanes of at least 4 members (excludes halogenated alkanes) is 1. The maximum atomic E-state index is 13.3. The highest BCUT2D eigenvalue weighted by Gasteiger charge is 2.47. The SMILES string of the molecule is CCCCOC(=O)c1ccc(C2(c3ccc(OC)nc3)CCC(C(F)(F)F)CC2)cc1. The smallest absolute Gasteiger partial charge is 0.391 e. The van der Waals surface area contributed by atoms with Gasteiger partial charge in [0.1, 0.15) is 0 Å². The van der Waals surface area contributed by atoms with Gasteiger partial charge in [-0.2, -0.15) is 13.2 Å². The molecule has 0 aliphatic heterocycles. The summed E-state index contributed by atoms with van der Waals surface area (Å²) in [5, 5.41) is 0. The quantitative estimate of drug-likeness (QED) is 0.390. The Morgan fingerprint density at radius 1 is 1.10 bits per heavy atom. The number of hydrogen-bond acceptors (Lipinski definition) is 4. The molecule has 1 saturated carbocycles. The van der Waals surface area contributed by atoms with Crippen LogP contribution in [0.15, 0.2) is 42.6 Å². The zero-order valence-electron chi connectivity index (χ0n) is 17.9. The number of ether oxygens (including phenoxy) is 2. The highest BCUT2D eigenvalue weighted by atomic mass is 19.4. The Morgan fingerprint density at radius 2 is 1.74 bits per heavy atom. The molecule has 1 fully saturated rings. The highest BCUT2D eigenvalue weighted by Crippen LogP contribution is 2.50. The molecule has 3 rings (SSSR count). The zero-order valence-corrected chi connectivity index (χ0v) is 17.9. The lowest BCUT2D eigenvalue weighted by Gasteiger charge is -2.41. The average Bonchev–Trinajstić information content (AvgIpc) is 2.79. The summed E-state index contributed by atoms with van der Waals surface area (Å²) in [6.45, 7) is 2.39. The Balaban J connectivity index is 1.89. The summed E-state index contributed by atoms with van der Waals surface area (Å²) in [6, 6.07) is 10.6. The summed E-state index contributed by atoms with van der Waals surface area (Å²) in [7, 11) is 1.52. The third-order valence-corrected chi connectivity index (χ3v) is 6.20. The van der Waals surface area contributed by atoms with Crippen molar-refractivity contribution in [2.45, 2.75) is 57.0 Å². The van der Waals surface area contributed by atoms with E-state index < -0.39 is 17.5 Å². The van der Waals surface area contributed by atoms with Gasteiger partial charge in [-0.15, -0.1) is 0 Å². The lowest BCUT2D eigenvalue weighted by atomic mass is 9.63. The van der Waals surface area contributed by atoms with E-state index in [9.17, 15) is 18.0 Å². The van der Waals surface area contributed by atoms with Gasteiger partial charge >= 0.3 is 12.1 Å². The molecule has 31 heavy (non-hydrogen) atoms. The molecule has 1 aromatic heterocycles. The fourth-order valence-electron chi connectivity index (χ4n) is 4.28. The van der Waals surface area contributed by atoms with Crippen LogP contribution in [0.25, 0.3) is 0 Å². The molecule has 0 unspecified atom stereocenters. The highest BCUT2D eigenvalue weighted by molar-refractivity contribution is 5.89. The molecule has 2 aromatic rings. The van der Waals surface area contributed by atoms with Gasteiger partial charge < -0.3 is 9.47 Å². The number of pyridine rings is 1. The molecule has 0 saturated heterocycles. The first-order chi connectivity index (χ1) is 14.8. The Kier molecular flexibility index (Phi) is 7.23. The fraction of sp³-hybridized carbons (Fsp3) is 0.500. The number of halogens is 3. The van der Waals surface area contributed by atoms with E-state index in [1.165, 1.54) is 7.11 Å². The lowest BCUT2D eigenvalue weighted by Crippen LogP contribution is -2.37. The minimum Gasteiger partial charge on any atom is -0.481 e. The first kappa shape index (κ1) is 23.1. The molecule has 1 aliphatic rings. The molecule has 1 aromatic carbocycles. The molecule has 0 amide bonds. The van der Waals surface area contributed by atoms with Gasteiger partial charge in [0.05, 0.1) is 25.2 Å². The third-order valence-electron chi connectivity index (χ3n) is 6.20. The molecule has 0 bridgehead atoms. The molecular formula is C24H28F3NO3. The normalized spacial score (nSPS) is 21.5. The topological polar surface area (TPSA) is 48.4 Å². The van der Waals surface area contributed by atoms with Crippen LogP contribution in [0.1, 0.15) is 66.9 Å². The molecule has 1 heterocycles. The number of nitrogens with zero attached hydrogens (tertiary/aromatic N) is 1. The molecule has 7 heteroatoms. The number of carbonyl (C=O) groups is 1. The van der Waals surface area contributed by atoms with Gasteiger partial charge in [-0.3, -0.25) is 0 Å². The largest absolute Gasteiger partial charge is 0.481 e. The van der Waals surface area contributed by atoms with Crippen LogP contribution < -0.4 is 4.74 Å². The summed E-state index contributed by atoms with van der Waals surface area (Å²) in [6.07, 6.45) is 0.0427. The number of methoxy groups -OCH3 is 1. The third kappa shape index (κ3) is 5.20. The number of aromatic nitrogens is 1. The van der Waals surface area contributed by atoms with Crippen molar-refractivity contribution in [3.05, 3.63) is 59.3 Å². The monoisotopic (exact) mass is 435 g/mol. The van der Waals surface area contributed by atoms with E-state index in [-0.39, 0.29) is 18.8 Å². The zero-order chi connectivity index (χ0) is 22.5. The van der Waals surface area contributed by atoms with Crippen LogP contribution in [-0.4, -0.2) is 30.8 Å². The van der Waals surface area contributed by atoms with E-state index in [0.29, 0.717) is 30.9 Å². The Labute approximate surface area is 180 Å². The van der Waals surface area contributed by atoms with E-state index in [2.05, 4.69) is 4.98 Å². The average molecular weight is 435 g/mol. The number of benzene rings is 1. The van der Waals surface area contributed by atoms with Crippen molar-refractivity contribution >= 4 is 5.97 Å². The van der Waals surface area contributed by atoms with Crippen LogP contribution in [0.5, 0.6) is 5.88 Å². The van der Waals surface area contributed by atoms with E-state index in [1.807, 2.05) is 25.1 Å². The second-order valence-electron chi connectivity index (χ2n) is 8.05. The molecule has 1 aliphatic carbocycles. The first-order valence-electron chi connectivity index (χ1n) is 10.6. The Hall–Kier alpha value is -2.57. The second kappa shape index (κ2) is 9.71. The molecule has 0 atom stereocenters. The van der Waals surface area contributed by atoms with Crippen LogP contribution in [0.3, 0.4) is 0 Å². The standard InChI is InChI=1S/C24H28F3NO3/c1-3-4-15-31-22(29)17-5-7-18(8-6-17)23(20-9-10-21(30-2)28-16-20)13-11-19(12-14-23)24(25,26)27/h5-10,16,19H,3-4,11-15H2,1-2H3. The van der Waals surface area contributed by atoms with E-state index in [4.69, 9.17) is 9.47 Å². The van der Waals surface area contributed by atoms with Crippen molar-refractivity contribution in [2.24, 2.45) is 5.92 Å². The van der Waals surface area contributed by atoms with Gasteiger partial charge in [0.25, 0.3) is 0 Å². The predicted molar refractivity (Wildman–Crippen MR) is 111 cm³/mol.